The van der Waals surface area contributed by atoms with E-state index in [0.29, 0.717) is 25.4 Å². The van der Waals surface area contributed by atoms with E-state index in [0.717, 1.165) is 0 Å². The predicted octanol–water partition coefficient (Wildman–Crippen LogP) is 1.60. The molecule has 0 unspecified atom stereocenters. The number of Topliss-reactive ketones (excluding diaryl/α,β-unsaturated/α-hetero) is 2. The van der Waals surface area contributed by atoms with Gasteiger partial charge in [0, 0.05) is 20.0 Å². The van der Waals surface area contributed by atoms with Crippen LogP contribution < -0.4 is 0 Å². The predicted molar refractivity (Wildman–Crippen MR) is 50.6 cm³/mol. The van der Waals surface area contributed by atoms with Crippen LogP contribution in [0.5, 0.6) is 0 Å². The number of hydrogen-bond acceptors (Lipinski definition) is 3. The molecule has 0 aromatic rings. The van der Waals surface area contributed by atoms with Crippen molar-refractivity contribution in [3.63, 3.8) is 0 Å². The molecule has 0 saturated carbocycles. The van der Waals surface area contributed by atoms with Crippen LogP contribution in [0.25, 0.3) is 0 Å². The first kappa shape index (κ1) is 12.3. The summed E-state index contributed by atoms with van der Waals surface area (Å²) in [5.74, 6) is 0.353. The number of ketones is 2. The number of methoxy groups -OCH3 is 1. The lowest BCUT2D eigenvalue weighted by Gasteiger charge is -2.02. The van der Waals surface area contributed by atoms with Crippen LogP contribution in [0.2, 0.25) is 0 Å². The minimum Gasteiger partial charge on any atom is -0.384 e. The molecule has 13 heavy (non-hydrogen) atoms. The third kappa shape index (κ3) is 7.65. The van der Waals surface area contributed by atoms with E-state index in [1.807, 2.05) is 13.8 Å². The zero-order valence-electron chi connectivity index (χ0n) is 8.63. The van der Waals surface area contributed by atoms with Crippen molar-refractivity contribution in [3.05, 3.63) is 0 Å². The Morgan fingerprint density at radius 1 is 1.23 bits per heavy atom. The summed E-state index contributed by atoms with van der Waals surface area (Å²) in [6.07, 6.45) is 0.917. The van der Waals surface area contributed by atoms with Gasteiger partial charge in [-0.3, -0.25) is 9.59 Å². The molecule has 0 bridgehead atoms. The normalized spacial score (nSPS) is 10.5. The standard InChI is InChI=1S/C10H18O3/c1-8(2)6-10(12)7-9(11)4-5-13-3/h8H,4-7H2,1-3H3. The van der Waals surface area contributed by atoms with Crippen LogP contribution in [0.3, 0.4) is 0 Å². The van der Waals surface area contributed by atoms with Crippen LogP contribution in [-0.2, 0) is 14.3 Å². The van der Waals surface area contributed by atoms with Gasteiger partial charge in [0.2, 0.25) is 0 Å². The summed E-state index contributed by atoms with van der Waals surface area (Å²) in [5, 5.41) is 0. The lowest BCUT2D eigenvalue weighted by molar-refractivity contribution is -0.127. The highest BCUT2D eigenvalue weighted by Gasteiger charge is 2.10. The van der Waals surface area contributed by atoms with Crippen molar-refractivity contribution in [1.82, 2.24) is 0 Å². The average molecular weight is 186 g/mol. The van der Waals surface area contributed by atoms with Gasteiger partial charge in [0.05, 0.1) is 13.0 Å². The molecular weight excluding hydrogens is 168 g/mol. The van der Waals surface area contributed by atoms with Gasteiger partial charge in [-0.25, -0.2) is 0 Å². The monoisotopic (exact) mass is 186 g/mol. The van der Waals surface area contributed by atoms with Crippen molar-refractivity contribution in [2.75, 3.05) is 13.7 Å². The second-order valence-corrected chi connectivity index (χ2v) is 3.59. The molecule has 0 aliphatic heterocycles. The fourth-order valence-corrected chi connectivity index (χ4v) is 1.05. The summed E-state index contributed by atoms with van der Waals surface area (Å²) in [6, 6.07) is 0. The minimum absolute atomic E-state index is 0.0208. The van der Waals surface area contributed by atoms with E-state index in [1.165, 1.54) is 0 Å². The summed E-state index contributed by atoms with van der Waals surface area (Å²) in [6.45, 7) is 4.35. The number of rotatable bonds is 7. The first-order valence-corrected chi connectivity index (χ1v) is 4.58. The van der Waals surface area contributed by atoms with Gasteiger partial charge < -0.3 is 4.74 Å². The van der Waals surface area contributed by atoms with E-state index in [2.05, 4.69) is 0 Å². The Morgan fingerprint density at radius 2 is 1.85 bits per heavy atom. The Labute approximate surface area is 79.5 Å². The molecule has 0 amide bonds. The highest BCUT2D eigenvalue weighted by Crippen LogP contribution is 2.04. The zero-order chi connectivity index (χ0) is 10.3. The van der Waals surface area contributed by atoms with Crippen LogP contribution in [-0.4, -0.2) is 25.3 Å². The molecule has 0 aromatic heterocycles. The average Bonchev–Trinajstić information content (AvgIpc) is 1.98. The first-order valence-electron chi connectivity index (χ1n) is 4.58. The van der Waals surface area contributed by atoms with E-state index in [1.54, 1.807) is 7.11 Å². The molecule has 0 radical (unpaired) electrons. The van der Waals surface area contributed by atoms with Crippen molar-refractivity contribution in [1.29, 1.82) is 0 Å². The molecule has 3 nitrogen and oxygen atoms in total. The second-order valence-electron chi connectivity index (χ2n) is 3.59. The largest absolute Gasteiger partial charge is 0.384 e. The van der Waals surface area contributed by atoms with Gasteiger partial charge in [0.1, 0.15) is 11.6 Å². The highest BCUT2D eigenvalue weighted by molar-refractivity contribution is 5.99. The molecule has 3 heteroatoms. The fraction of sp³-hybridized carbons (Fsp3) is 0.800. The molecular formula is C10H18O3. The topological polar surface area (TPSA) is 43.4 Å². The Morgan fingerprint density at radius 3 is 2.31 bits per heavy atom. The third-order valence-electron chi connectivity index (χ3n) is 1.62. The smallest absolute Gasteiger partial charge is 0.142 e. The van der Waals surface area contributed by atoms with Gasteiger partial charge in [0.15, 0.2) is 0 Å². The maximum absolute atomic E-state index is 11.2. The van der Waals surface area contributed by atoms with Gasteiger partial charge in [0.25, 0.3) is 0 Å². The van der Waals surface area contributed by atoms with Gasteiger partial charge in [-0.1, -0.05) is 13.8 Å². The number of ether oxygens (including phenoxy) is 1. The molecule has 0 fully saturated rings. The van der Waals surface area contributed by atoms with E-state index < -0.39 is 0 Å². The van der Waals surface area contributed by atoms with E-state index in [-0.39, 0.29) is 18.0 Å². The van der Waals surface area contributed by atoms with Crippen LogP contribution in [0.15, 0.2) is 0 Å². The fourth-order valence-electron chi connectivity index (χ4n) is 1.05. The third-order valence-corrected chi connectivity index (χ3v) is 1.62. The van der Waals surface area contributed by atoms with E-state index in [4.69, 9.17) is 4.74 Å². The SMILES string of the molecule is COCCC(=O)CC(=O)CC(C)C. The lowest BCUT2D eigenvalue weighted by Crippen LogP contribution is -2.11. The minimum atomic E-state index is -0.0208. The molecule has 0 rings (SSSR count). The number of hydrogen-bond donors (Lipinski definition) is 0. The van der Waals surface area contributed by atoms with Crippen molar-refractivity contribution in [2.45, 2.75) is 33.1 Å². The lowest BCUT2D eigenvalue weighted by atomic mass is 10.0. The summed E-state index contributed by atoms with van der Waals surface area (Å²) in [4.78, 5) is 22.3. The van der Waals surface area contributed by atoms with Crippen molar-refractivity contribution in [3.8, 4) is 0 Å². The van der Waals surface area contributed by atoms with Gasteiger partial charge in [-0.2, -0.15) is 0 Å². The molecule has 0 spiro atoms. The van der Waals surface area contributed by atoms with Crippen molar-refractivity contribution in [2.24, 2.45) is 5.92 Å². The molecule has 0 N–H and O–H groups in total. The highest BCUT2D eigenvalue weighted by atomic mass is 16.5. The second kappa shape index (κ2) is 6.78. The zero-order valence-corrected chi connectivity index (χ0v) is 8.63. The van der Waals surface area contributed by atoms with Gasteiger partial charge in [-0.05, 0) is 5.92 Å². The van der Waals surface area contributed by atoms with Gasteiger partial charge >= 0.3 is 0 Å². The van der Waals surface area contributed by atoms with Crippen LogP contribution in [0.1, 0.15) is 33.1 Å². The number of carbonyl (C=O) groups excluding carboxylic acids is 2. The maximum Gasteiger partial charge on any atom is 0.142 e. The summed E-state index contributed by atoms with van der Waals surface area (Å²) in [7, 11) is 1.54. The van der Waals surface area contributed by atoms with Crippen LogP contribution in [0.4, 0.5) is 0 Å². The van der Waals surface area contributed by atoms with Crippen LogP contribution in [0, 0.1) is 5.92 Å². The Kier molecular flexibility index (Phi) is 6.41. The summed E-state index contributed by atoms with van der Waals surface area (Å²) >= 11 is 0. The van der Waals surface area contributed by atoms with Crippen LogP contribution >= 0.6 is 0 Å². The molecule has 0 aliphatic carbocycles. The van der Waals surface area contributed by atoms with Crippen molar-refractivity contribution >= 4 is 11.6 Å². The molecule has 0 heterocycles. The molecule has 0 atom stereocenters. The van der Waals surface area contributed by atoms with E-state index in [9.17, 15) is 9.59 Å². The van der Waals surface area contributed by atoms with Crippen molar-refractivity contribution < 1.29 is 14.3 Å². The quantitative estimate of drug-likeness (QED) is 0.567. The molecule has 0 aliphatic rings. The maximum atomic E-state index is 11.2. The Bertz CT molecular complexity index is 173. The summed E-state index contributed by atoms with van der Waals surface area (Å²) in [5.41, 5.74) is 0. The molecule has 0 aromatic carbocycles. The first-order chi connectivity index (χ1) is 6.06. The van der Waals surface area contributed by atoms with E-state index >= 15 is 0 Å². The van der Waals surface area contributed by atoms with Gasteiger partial charge in [-0.15, -0.1) is 0 Å². The number of carbonyl (C=O) groups is 2. The Hall–Kier alpha value is -0.700. The molecule has 76 valence electrons. The summed E-state index contributed by atoms with van der Waals surface area (Å²) < 4.78 is 4.74. The molecule has 0 saturated heterocycles. The Balaban J connectivity index is 3.59.